The molecular formula is C23H15Cl2F3N2O. The maximum Gasteiger partial charge on any atom is 0.573 e. The molecule has 0 aliphatic carbocycles. The van der Waals surface area contributed by atoms with Crippen molar-refractivity contribution in [1.29, 1.82) is 0 Å². The minimum Gasteiger partial charge on any atom is -0.406 e. The Balaban J connectivity index is 1.48. The van der Waals surface area contributed by atoms with Gasteiger partial charge in [-0.3, -0.25) is 0 Å². The smallest absolute Gasteiger partial charge is 0.406 e. The molecule has 31 heavy (non-hydrogen) atoms. The Morgan fingerprint density at radius 1 is 0.903 bits per heavy atom. The normalized spacial score (nSPS) is 11.5. The van der Waals surface area contributed by atoms with Crippen molar-refractivity contribution >= 4 is 23.2 Å². The number of benzene rings is 3. The molecule has 0 aliphatic heterocycles. The van der Waals surface area contributed by atoms with Crippen LogP contribution < -0.4 is 4.74 Å². The zero-order valence-electron chi connectivity index (χ0n) is 15.9. The summed E-state index contributed by atoms with van der Waals surface area (Å²) in [6, 6.07) is 18.7. The third-order valence-corrected chi connectivity index (χ3v) is 5.12. The molecule has 158 valence electrons. The van der Waals surface area contributed by atoms with E-state index in [9.17, 15) is 13.2 Å². The minimum atomic E-state index is -4.72. The van der Waals surface area contributed by atoms with Gasteiger partial charge in [0, 0.05) is 17.0 Å². The van der Waals surface area contributed by atoms with Gasteiger partial charge in [0.25, 0.3) is 0 Å². The fourth-order valence-corrected chi connectivity index (χ4v) is 3.69. The molecule has 3 aromatic carbocycles. The predicted octanol–water partition coefficient (Wildman–Crippen LogP) is 7.54. The molecule has 0 fully saturated rings. The van der Waals surface area contributed by atoms with E-state index in [1.54, 1.807) is 24.4 Å². The molecule has 4 aromatic rings. The monoisotopic (exact) mass is 462 g/mol. The van der Waals surface area contributed by atoms with Gasteiger partial charge in [-0.25, -0.2) is 4.98 Å². The van der Waals surface area contributed by atoms with Crippen LogP contribution in [0.25, 0.3) is 22.4 Å². The summed E-state index contributed by atoms with van der Waals surface area (Å²) in [5.41, 5.74) is 4.00. The Morgan fingerprint density at radius 2 is 1.68 bits per heavy atom. The van der Waals surface area contributed by atoms with Crippen molar-refractivity contribution < 1.29 is 17.9 Å². The van der Waals surface area contributed by atoms with Crippen LogP contribution in [0.3, 0.4) is 0 Å². The van der Waals surface area contributed by atoms with Gasteiger partial charge in [-0.2, -0.15) is 0 Å². The third-order valence-electron chi connectivity index (χ3n) is 4.58. The Bertz CT molecular complexity index is 1200. The number of imidazole rings is 1. The van der Waals surface area contributed by atoms with E-state index in [0.29, 0.717) is 22.0 Å². The van der Waals surface area contributed by atoms with Gasteiger partial charge in [0.05, 0.1) is 16.9 Å². The Hall–Kier alpha value is -2.96. The Labute approximate surface area is 186 Å². The van der Waals surface area contributed by atoms with E-state index in [0.717, 1.165) is 28.2 Å². The first-order chi connectivity index (χ1) is 14.8. The Morgan fingerprint density at radius 3 is 2.39 bits per heavy atom. The number of hydrogen-bond acceptors (Lipinski definition) is 2. The summed E-state index contributed by atoms with van der Waals surface area (Å²) in [7, 11) is 0. The predicted molar refractivity (Wildman–Crippen MR) is 115 cm³/mol. The molecule has 0 saturated carbocycles. The molecule has 0 radical (unpaired) electrons. The lowest BCUT2D eigenvalue weighted by molar-refractivity contribution is -0.274. The summed E-state index contributed by atoms with van der Waals surface area (Å²) in [6.07, 6.45) is -2.45. The molecular weight excluding hydrogens is 448 g/mol. The van der Waals surface area contributed by atoms with E-state index in [-0.39, 0.29) is 5.75 Å². The summed E-state index contributed by atoms with van der Waals surface area (Å²) in [5, 5.41) is 1.09. The number of alkyl halides is 3. The molecule has 3 nitrogen and oxygen atoms in total. The molecule has 1 N–H and O–H groups in total. The first kappa shape index (κ1) is 21.3. The van der Waals surface area contributed by atoms with Crippen molar-refractivity contribution in [3.05, 3.63) is 94.4 Å². The number of aromatic nitrogens is 2. The summed E-state index contributed by atoms with van der Waals surface area (Å²) < 4.78 is 41.3. The highest BCUT2D eigenvalue weighted by atomic mass is 35.5. The molecule has 0 bridgehead atoms. The molecule has 0 saturated heterocycles. The zero-order chi connectivity index (χ0) is 22.0. The lowest BCUT2D eigenvalue weighted by atomic mass is 10.0. The van der Waals surface area contributed by atoms with Crippen LogP contribution in [-0.2, 0) is 6.42 Å². The highest BCUT2D eigenvalue weighted by Gasteiger charge is 2.31. The fraction of sp³-hybridized carbons (Fsp3) is 0.0870. The van der Waals surface area contributed by atoms with Gasteiger partial charge in [0.15, 0.2) is 0 Å². The van der Waals surface area contributed by atoms with Crippen molar-refractivity contribution in [2.75, 3.05) is 0 Å². The van der Waals surface area contributed by atoms with Crippen LogP contribution in [0, 0.1) is 0 Å². The van der Waals surface area contributed by atoms with E-state index in [1.165, 1.54) is 18.2 Å². The van der Waals surface area contributed by atoms with E-state index in [4.69, 9.17) is 23.2 Å². The number of nitrogens with zero attached hydrogens (tertiary/aromatic N) is 1. The molecule has 0 spiro atoms. The van der Waals surface area contributed by atoms with Crippen LogP contribution >= 0.6 is 23.2 Å². The van der Waals surface area contributed by atoms with Gasteiger partial charge in [0.2, 0.25) is 0 Å². The van der Waals surface area contributed by atoms with Crippen molar-refractivity contribution in [2.45, 2.75) is 12.8 Å². The summed E-state index contributed by atoms with van der Waals surface area (Å²) in [6.45, 7) is 0. The SMILES string of the molecule is FC(F)(F)Oc1cccc(-c2ccc(Cc3ncc(-c4ccc(Cl)cc4Cl)[nH]3)cc2)c1. The summed E-state index contributed by atoms with van der Waals surface area (Å²) >= 11 is 12.2. The van der Waals surface area contributed by atoms with Gasteiger partial charge >= 0.3 is 6.36 Å². The first-order valence-electron chi connectivity index (χ1n) is 9.21. The topological polar surface area (TPSA) is 37.9 Å². The quantitative estimate of drug-likeness (QED) is 0.332. The number of H-pyrrole nitrogens is 1. The molecule has 4 rings (SSSR count). The average Bonchev–Trinajstić information content (AvgIpc) is 3.15. The van der Waals surface area contributed by atoms with Crippen LogP contribution in [0.4, 0.5) is 13.2 Å². The maximum absolute atomic E-state index is 12.4. The largest absolute Gasteiger partial charge is 0.573 e. The molecule has 1 aromatic heterocycles. The van der Waals surface area contributed by atoms with Crippen LogP contribution in [0.1, 0.15) is 11.4 Å². The standard InChI is InChI=1S/C23H15Cl2F3N2O/c24-17-8-9-19(20(25)12-17)21-13-29-22(30-21)10-14-4-6-15(7-5-14)16-2-1-3-18(11-16)31-23(26,27)28/h1-9,11-13H,10H2,(H,29,30). The fourth-order valence-electron chi connectivity index (χ4n) is 3.18. The lowest BCUT2D eigenvalue weighted by Gasteiger charge is -2.10. The summed E-state index contributed by atoms with van der Waals surface area (Å²) in [4.78, 5) is 7.66. The molecule has 0 amide bonds. The second kappa shape index (κ2) is 8.65. The van der Waals surface area contributed by atoms with Gasteiger partial charge in [-0.15, -0.1) is 13.2 Å². The summed E-state index contributed by atoms with van der Waals surface area (Å²) in [5.74, 6) is 0.507. The molecule has 0 unspecified atom stereocenters. The van der Waals surface area contributed by atoms with Gasteiger partial charge in [-0.05, 0) is 47.0 Å². The van der Waals surface area contributed by atoms with E-state index >= 15 is 0 Å². The number of ether oxygens (including phenoxy) is 1. The van der Waals surface area contributed by atoms with Crippen LogP contribution in [-0.4, -0.2) is 16.3 Å². The van der Waals surface area contributed by atoms with Gasteiger partial charge in [-0.1, -0.05) is 59.6 Å². The van der Waals surface area contributed by atoms with Gasteiger partial charge in [0.1, 0.15) is 11.6 Å². The number of halogens is 5. The molecule has 1 heterocycles. The molecule has 0 atom stereocenters. The third kappa shape index (κ3) is 5.40. The van der Waals surface area contributed by atoms with Crippen molar-refractivity contribution in [1.82, 2.24) is 9.97 Å². The van der Waals surface area contributed by atoms with Gasteiger partial charge < -0.3 is 9.72 Å². The number of hydrogen-bond donors (Lipinski definition) is 1. The van der Waals surface area contributed by atoms with Crippen molar-refractivity contribution in [2.24, 2.45) is 0 Å². The second-order valence-corrected chi connectivity index (χ2v) is 7.66. The average molecular weight is 463 g/mol. The van der Waals surface area contributed by atoms with E-state index < -0.39 is 6.36 Å². The highest BCUT2D eigenvalue weighted by Crippen LogP contribution is 2.30. The van der Waals surface area contributed by atoms with E-state index in [1.807, 2.05) is 30.3 Å². The van der Waals surface area contributed by atoms with Crippen molar-refractivity contribution in [3.8, 4) is 28.1 Å². The zero-order valence-corrected chi connectivity index (χ0v) is 17.4. The van der Waals surface area contributed by atoms with E-state index in [2.05, 4.69) is 14.7 Å². The van der Waals surface area contributed by atoms with Crippen LogP contribution in [0.2, 0.25) is 10.0 Å². The van der Waals surface area contributed by atoms with Crippen LogP contribution in [0.5, 0.6) is 5.75 Å². The molecule has 8 heteroatoms. The minimum absolute atomic E-state index is 0.252. The maximum atomic E-state index is 12.4. The highest BCUT2D eigenvalue weighted by molar-refractivity contribution is 6.36. The number of nitrogens with one attached hydrogen (secondary N) is 1. The number of aromatic amines is 1. The number of rotatable bonds is 5. The second-order valence-electron chi connectivity index (χ2n) is 6.82. The lowest BCUT2D eigenvalue weighted by Crippen LogP contribution is -2.17. The molecule has 0 aliphatic rings. The Kier molecular flexibility index (Phi) is 5.94. The van der Waals surface area contributed by atoms with Crippen LogP contribution in [0.15, 0.2) is 72.9 Å². The first-order valence-corrected chi connectivity index (χ1v) is 9.97. The van der Waals surface area contributed by atoms with Crippen molar-refractivity contribution in [3.63, 3.8) is 0 Å².